The van der Waals surface area contributed by atoms with Crippen molar-refractivity contribution >= 4 is 5.91 Å². The number of carbonyl (C=O) groups is 1. The Morgan fingerprint density at radius 3 is 3.04 bits per heavy atom. The van der Waals surface area contributed by atoms with E-state index in [2.05, 4.69) is 15.3 Å². The normalized spacial score (nSPS) is 18.5. The lowest BCUT2D eigenvalue weighted by atomic mass is 10.1. The molecule has 1 fully saturated rings. The second-order valence-electron chi connectivity index (χ2n) is 6.29. The molecule has 1 atom stereocenters. The van der Waals surface area contributed by atoms with Crippen molar-refractivity contribution in [1.82, 2.24) is 24.9 Å². The van der Waals surface area contributed by atoms with Crippen LogP contribution in [0.5, 0.6) is 5.75 Å². The number of carbonyl (C=O) groups excluding carboxylic acids is 1. The Bertz CT molecular complexity index is 767. The minimum atomic E-state index is -0.640. The monoisotopic (exact) mass is 329 g/mol. The maximum Gasteiger partial charge on any atom is 0.272 e. The van der Waals surface area contributed by atoms with Gasteiger partial charge in [-0.3, -0.25) is 4.79 Å². The second kappa shape index (κ2) is 5.86. The number of likely N-dealkylation sites (tertiary alicyclic amines) is 1. The maximum atomic E-state index is 12.5. The van der Waals surface area contributed by atoms with Crippen molar-refractivity contribution in [2.45, 2.75) is 31.9 Å². The van der Waals surface area contributed by atoms with Gasteiger partial charge in [-0.2, -0.15) is 0 Å². The lowest BCUT2D eigenvalue weighted by Gasteiger charge is -2.38. The van der Waals surface area contributed by atoms with Gasteiger partial charge in [0.05, 0.1) is 31.1 Å². The molecule has 8 heteroatoms. The van der Waals surface area contributed by atoms with Crippen LogP contribution in [0.3, 0.4) is 0 Å². The van der Waals surface area contributed by atoms with Crippen LogP contribution >= 0.6 is 0 Å². The highest BCUT2D eigenvalue weighted by molar-refractivity contribution is 5.93. The number of pyridine rings is 1. The van der Waals surface area contributed by atoms with Crippen molar-refractivity contribution < 1.29 is 14.6 Å². The van der Waals surface area contributed by atoms with E-state index >= 15 is 0 Å². The van der Waals surface area contributed by atoms with Crippen molar-refractivity contribution in [3.63, 3.8) is 0 Å². The zero-order chi connectivity index (χ0) is 16.7. The van der Waals surface area contributed by atoms with Gasteiger partial charge in [-0.1, -0.05) is 5.21 Å². The Hall–Kier alpha value is -2.48. The molecule has 4 rings (SSSR count). The molecule has 1 amide bonds. The van der Waals surface area contributed by atoms with E-state index in [-0.39, 0.29) is 11.9 Å². The number of rotatable bonds is 3. The first-order valence-corrected chi connectivity index (χ1v) is 8.12. The summed E-state index contributed by atoms with van der Waals surface area (Å²) in [5.74, 6) is 0.711. The fraction of sp³-hybridized carbons (Fsp3) is 0.500. The number of aliphatic hydroxyl groups excluding tert-OH is 1. The zero-order valence-electron chi connectivity index (χ0n) is 13.4. The van der Waals surface area contributed by atoms with Crippen molar-refractivity contribution in [3.8, 4) is 5.75 Å². The smallest absolute Gasteiger partial charge is 0.272 e. The molecule has 2 aliphatic heterocycles. The third-order valence-corrected chi connectivity index (χ3v) is 4.50. The summed E-state index contributed by atoms with van der Waals surface area (Å²) in [5.41, 5.74) is 2.05. The van der Waals surface area contributed by atoms with Gasteiger partial charge in [0.15, 0.2) is 0 Å². The molecule has 1 unspecified atom stereocenters. The first-order valence-electron chi connectivity index (χ1n) is 8.12. The molecule has 1 saturated heterocycles. The van der Waals surface area contributed by atoms with Crippen LogP contribution in [0.25, 0.3) is 0 Å². The summed E-state index contributed by atoms with van der Waals surface area (Å²) in [6.45, 7) is 3.49. The summed E-state index contributed by atoms with van der Waals surface area (Å²) in [5, 5.41) is 17.4. The molecule has 2 aliphatic rings. The predicted molar refractivity (Wildman–Crippen MR) is 83.6 cm³/mol. The Labute approximate surface area is 139 Å². The van der Waals surface area contributed by atoms with Gasteiger partial charge in [-0.25, -0.2) is 9.67 Å². The van der Waals surface area contributed by atoms with Crippen LogP contribution in [-0.2, 0) is 6.42 Å². The Morgan fingerprint density at radius 1 is 1.46 bits per heavy atom. The molecule has 2 aromatic rings. The third kappa shape index (κ3) is 2.62. The topological polar surface area (TPSA) is 93.4 Å². The van der Waals surface area contributed by atoms with Crippen LogP contribution in [0, 0.1) is 0 Å². The van der Waals surface area contributed by atoms with Gasteiger partial charge in [0.2, 0.25) is 0 Å². The number of aryl methyl sites for hydroxylation is 1. The van der Waals surface area contributed by atoms with E-state index in [1.807, 2.05) is 6.07 Å². The Balaban J connectivity index is 1.42. The number of aliphatic hydroxyl groups is 1. The largest absolute Gasteiger partial charge is 0.492 e. The summed E-state index contributed by atoms with van der Waals surface area (Å²) in [6, 6.07) is 1.93. The maximum absolute atomic E-state index is 12.5. The number of fused-ring (bicyclic) bond motifs is 1. The highest BCUT2D eigenvalue weighted by Gasteiger charge is 2.34. The van der Waals surface area contributed by atoms with Crippen LogP contribution < -0.4 is 4.74 Å². The lowest BCUT2D eigenvalue weighted by Crippen LogP contribution is -2.51. The first kappa shape index (κ1) is 15.1. The lowest BCUT2D eigenvalue weighted by molar-refractivity contribution is 0.0492. The van der Waals surface area contributed by atoms with Crippen LogP contribution in [0.2, 0.25) is 0 Å². The molecule has 1 N–H and O–H groups in total. The van der Waals surface area contributed by atoms with Gasteiger partial charge in [-0.05, 0) is 31.4 Å². The van der Waals surface area contributed by atoms with Crippen LogP contribution in [0.1, 0.15) is 47.2 Å². The van der Waals surface area contributed by atoms with E-state index < -0.39 is 6.10 Å². The molecule has 8 nitrogen and oxygen atoms in total. The summed E-state index contributed by atoms with van der Waals surface area (Å²) >= 11 is 0. The average molecular weight is 329 g/mol. The fourth-order valence-electron chi connectivity index (χ4n) is 2.98. The number of amides is 1. The number of hydrogen-bond acceptors (Lipinski definition) is 6. The Kier molecular flexibility index (Phi) is 3.68. The summed E-state index contributed by atoms with van der Waals surface area (Å²) < 4.78 is 7.24. The molecule has 126 valence electrons. The number of hydrogen-bond donors (Lipinski definition) is 1. The highest BCUT2D eigenvalue weighted by Crippen LogP contribution is 2.27. The van der Waals surface area contributed by atoms with Gasteiger partial charge in [0.1, 0.15) is 17.1 Å². The number of aromatic nitrogens is 4. The van der Waals surface area contributed by atoms with Gasteiger partial charge < -0.3 is 14.7 Å². The van der Waals surface area contributed by atoms with Crippen LogP contribution in [0.15, 0.2) is 18.5 Å². The molecule has 24 heavy (non-hydrogen) atoms. The molecule has 0 spiro atoms. The number of nitrogens with zero attached hydrogens (tertiary/aromatic N) is 5. The fourth-order valence-corrected chi connectivity index (χ4v) is 2.98. The third-order valence-electron chi connectivity index (χ3n) is 4.50. The molecule has 0 saturated carbocycles. The quantitative estimate of drug-likeness (QED) is 0.893. The minimum absolute atomic E-state index is 0.0736. The molecule has 4 heterocycles. The molecule has 2 aromatic heterocycles. The first-order chi connectivity index (χ1) is 11.6. The Morgan fingerprint density at radius 2 is 2.29 bits per heavy atom. The van der Waals surface area contributed by atoms with Crippen molar-refractivity contribution in [1.29, 1.82) is 0 Å². The standard InChI is InChI=1S/C16H19N5O3/c1-10(22)14-9-21(19-18-14)12-7-20(8-12)16(23)13-5-11-3-2-4-24-15(11)6-17-13/h5-6,9-10,12,22H,2-4,7-8H2,1H3. The zero-order valence-corrected chi connectivity index (χ0v) is 13.4. The SMILES string of the molecule is CC(O)c1cn(C2CN(C(=O)c3cc4c(cn3)OCCC4)C2)nn1. The van der Waals surface area contributed by atoms with E-state index in [4.69, 9.17) is 4.74 Å². The molecule has 0 aromatic carbocycles. The van der Waals surface area contributed by atoms with E-state index in [1.54, 1.807) is 28.9 Å². The molecular weight excluding hydrogens is 310 g/mol. The van der Waals surface area contributed by atoms with Crippen molar-refractivity contribution in [3.05, 3.63) is 35.4 Å². The van der Waals surface area contributed by atoms with E-state index in [0.29, 0.717) is 31.1 Å². The van der Waals surface area contributed by atoms with Crippen molar-refractivity contribution in [2.24, 2.45) is 0 Å². The molecule has 0 aliphatic carbocycles. The van der Waals surface area contributed by atoms with Gasteiger partial charge in [0.25, 0.3) is 5.91 Å². The minimum Gasteiger partial charge on any atom is -0.492 e. The summed E-state index contributed by atoms with van der Waals surface area (Å²) in [4.78, 5) is 18.5. The van der Waals surface area contributed by atoms with E-state index in [0.717, 1.165) is 24.2 Å². The van der Waals surface area contributed by atoms with E-state index in [9.17, 15) is 9.90 Å². The average Bonchev–Trinajstić information content (AvgIpc) is 3.03. The predicted octanol–water partition coefficient (Wildman–Crippen LogP) is 0.748. The van der Waals surface area contributed by atoms with Crippen LogP contribution in [-0.4, -0.2) is 55.6 Å². The molecule has 0 radical (unpaired) electrons. The van der Waals surface area contributed by atoms with Gasteiger partial charge in [-0.15, -0.1) is 5.10 Å². The number of ether oxygens (including phenoxy) is 1. The summed E-state index contributed by atoms with van der Waals surface area (Å²) in [6.07, 6.45) is 4.62. The van der Waals surface area contributed by atoms with Crippen LogP contribution in [0.4, 0.5) is 0 Å². The van der Waals surface area contributed by atoms with E-state index in [1.165, 1.54) is 0 Å². The molecular formula is C16H19N5O3. The summed E-state index contributed by atoms with van der Waals surface area (Å²) in [7, 11) is 0. The molecule has 0 bridgehead atoms. The van der Waals surface area contributed by atoms with Gasteiger partial charge >= 0.3 is 0 Å². The second-order valence-corrected chi connectivity index (χ2v) is 6.29. The van der Waals surface area contributed by atoms with Crippen molar-refractivity contribution in [2.75, 3.05) is 19.7 Å². The van der Waals surface area contributed by atoms with Gasteiger partial charge in [0, 0.05) is 13.1 Å². The highest BCUT2D eigenvalue weighted by atomic mass is 16.5.